The molecule has 2 unspecified atom stereocenters. The molecule has 0 saturated heterocycles. The number of H-pyrrole nitrogens is 1. The Morgan fingerprint density at radius 2 is 1.68 bits per heavy atom. The van der Waals surface area contributed by atoms with Crippen LogP contribution in [0.2, 0.25) is 0 Å². The minimum Gasteiger partial charge on any atom is -0.444 e. The van der Waals surface area contributed by atoms with Crippen molar-refractivity contribution in [1.82, 2.24) is 15.6 Å². The molecule has 1 aromatic heterocycles. The van der Waals surface area contributed by atoms with Crippen molar-refractivity contribution in [2.75, 3.05) is 6.61 Å². The maximum absolute atomic E-state index is 13.5. The smallest absolute Gasteiger partial charge is 0.408 e. The van der Waals surface area contributed by atoms with Gasteiger partial charge in [-0.3, -0.25) is 4.79 Å². The van der Waals surface area contributed by atoms with Gasteiger partial charge in [-0.25, -0.2) is 14.6 Å². The first-order valence-corrected chi connectivity index (χ1v) is 13.3. The molecule has 3 N–H and O–H groups in total. The van der Waals surface area contributed by atoms with Gasteiger partial charge in [0.25, 0.3) is 0 Å². The summed E-state index contributed by atoms with van der Waals surface area (Å²) >= 11 is 0. The minimum absolute atomic E-state index is 0.139. The molecule has 3 rings (SSSR count). The number of carbonyl (C=O) groups is 2. The normalized spacial score (nSPS) is 14.0. The number of carbonyl (C=O) groups excluding carboxylic acids is 2. The highest BCUT2D eigenvalue weighted by atomic mass is 17.2. The maximum Gasteiger partial charge on any atom is 0.408 e. The van der Waals surface area contributed by atoms with Crippen molar-refractivity contribution in [2.24, 2.45) is 5.92 Å². The zero-order valence-corrected chi connectivity index (χ0v) is 23.1. The van der Waals surface area contributed by atoms with E-state index in [9.17, 15) is 9.59 Å². The predicted octanol–water partition coefficient (Wildman–Crippen LogP) is 5.67. The molecule has 0 aliphatic carbocycles. The van der Waals surface area contributed by atoms with Crippen molar-refractivity contribution >= 4 is 22.9 Å². The molecule has 8 nitrogen and oxygen atoms in total. The second-order valence-corrected chi connectivity index (χ2v) is 10.7. The van der Waals surface area contributed by atoms with Crippen LogP contribution in [0.5, 0.6) is 0 Å². The van der Waals surface area contributed by atoms with Crippen LogP contribution in [0.4, 0.5) is 4.79 Å². The highest BCUT2D eigenvalue weighted by Gasteiger charge is 2.28. The summed E-state index contributed by atoms with van der Waals surface area (Å²) < 4.78 is 5.41. The molecule has 206 valence electrons. The quantitative estimate of drug-likeness (QED) is 0.152. The average molecular weight is 524 g/mol. The molecule has 2 amide bonds. The van der Waals surface area contributed by atoms with Gasteiger partial charge in [-0.05, 0) is 56.7 Å². The third kappa shape index (κ3) is 9.50. The third-order valence-electron chi connectivity index (χ3n) is 6.25. The Morgan fingerprint density at radius 3 is 2.39 bits per heavy atom. The number of para-hydroxylation sites is 1. The zero-order valence-electron chi connectivity index (χ0n) is 23.1. The van der Waals surface area contributed by atoms with Crippen molar-refractivity contribution in [3.8, 4) is 0 Å². The van der Waals surface area contributed by atoms with E-state index in [0.717, 1.165) is 28.5 Å². The molecular weight excluding hydrogens is 482 g/mol. The molecule has 2 aromatic carbocycles. The van der Waals surface area contributed by atoms with Gasteiger partial charge in [0.1, 0.15) is 24.9 Å². The van der Waals surface area contributed by atoms with Crippen LogP contribution in [0, 0.1) is 5.92 Å². The number of ether oxygens (including phenoxy) is 1. The molecular formula is C30H41N3O5. The summed E-state index contributed by atoms with van der Waals surface area (Å²) in [5.41, 5.74) is 2.40. The fourth-order valence-electron chi connectivity index (χ4n) is 4.08. The van der Waals surface area contributed by atoms with E-state index in [2.05, 4.69) is 29.5 Å². The van der Waals surface area contributed by atoms with Crippen LogP contribution in [0.1, 0.15) is 58.6 Å². The predicted molar refractivity (Wildman–Crippen MR) is 148 cm³/mol. The molecule has 0 radical (unpaired) electrons. The van der Waals surface area contributed by atoms with Crippen LogP contribution in [0.15, 0.2) is 60.8 Å². The number of aromatic nitrogens is 1. The molecule has 0 saturated carbocycles. The monoisotopic (exact) mass is 523 g/mol. The first-order chi connectivity index (χ1) is 18.1. The van der Waals surface area contributed by atoms with Crippen LogP contribution < -0.4 is 10.6 Å². The number of alkyl carbamates (subject to hydrolysis) is 1. The Hall–Kier alpha value is -3.36. The van der Waals surface area contributed by atoms with Crippen LogP contribution in [0.25, 0.3) is 10.9 Å². The molecule has 3 atom stereocenters. The number of hydrogen-bond acceptors (Lipinski definition) is 5. The summed E-state index contributed by atoms with van der Waals surface area (Å²) in [6.45, 7) is 9.93. The standard InChI is InChI=1S/C30H41N3O5/c1-6-21(2)16-27(33-29(35)38-30(3,4)5)28(34)32-24(20-37-36-19-22-12-8-7-9-13-22)17-23-18-31-26-15-11-10-14-25(23)26/h7-15,18,21,24,27,31H,6,16-17,19-20H2,1-5H3,(H,32,34)(H,33,35)/t21-,24?,27?/m0/s1. The fourth-order valence-corrected chi connectivity index (χ4v) is 4.08. The van der Waals surface area contributed by atoms with Gasteiger partial charge in [0.15, 0.2) is 0 Å². The Balaban J connectivity index is 1.71. The van der Waals surface area contributed by atoms with E-state index < -0.39 is 23.8 Å². The van der Waals surface area contributed by atoms with Gasteiger partial charge in [0.05, 0.1) is 6.04 Å². The van der Waals surface area contributed by atoms with E-state index in [1.54, 1.807) is 20.8 Å². The van der Waals surface area contributed by atoms with E-state index in [4.69, 9.17) is 14.5 Å². The van der Waals surface area contributed by atoms with Gasteiger partial charge in [-0.15, -0.1) is 0 Å². The number of hydrogen-bond donors (Lipinski definition) is 3. The first kappa shape index (κ1) is 29.2. The van der Waals surface area contributed by atoms with E-state index in [1.807, 2.05) is 60.8 Å². The topological polar surface area (TPSA) is 102 Å². The number of rotatable bonds is 13. The van der Waals surface area contributed by atoms with Gasteiger partial charge in [-0.1, -0.05) is 68.8 Å². The molecule has 0 fully saturated rings. The molecule has 0 bridgehead atoms. The second kappa shape index (κ2) is 14.0. The number of fused-ring (bicyclic) bond motifs is 1. The molecule has 0 spiro atoms. The first-order valence-electron chi connectivity index (χ1n) is 13.3. The van der Waals surface area contributed by atoms with E-state index in [0.29, 0.717) is 19.4 Å². The maximum atomic E-state index is 13.5. The van der Waals surface area contributed by atoms with E-state index in [-0.39, 0.29) is 18.4 Å². The lowest BCUT2D eigenvalue weighted by molar-refractivity contribution is -0.306. The number of benzene rings is 2. The number of amides is 2. The highest BCUT2D eigenvalue weighted by Crippen LogP contribution is 2.20. The van der Waals surface area contributed by atoms with Crippen LogP contribution in [0.3, 0.4) is 0 Å². The van der Waals surface area contributed by atoms with E-state index in [1.165, 1.54) is 0 Å². The lowest BCUT2D eigenvalue weighted by Crippen LogP contribution is -2.52. The summed E-state index contributed by atoms with van der Waals surface area (Å²) in [7, 11) is 0. The van der Waals surface area contributed by atoms with Gasteiger partial charge in [0.2, 0.25) is 5.91 Å². The van der Waals surface area contributed by atoms with Crippen molar-refractivity contribution in [3.05, 3.63) is 71.9 Å². The lowest BCUT2D eigenvalue weighted by Gasteiger charge is -2.26. The van der Waals surface area contributed by atoms with Gasteiger partial charge >= 0.3 is 6.09 Å². The Bertz CT molecular complexity index is 1160. The zero-order chi connectivity index (χ0) is 27.5. The highest BCUT2D eigenvalue weighted by molar-refractivity contribution is 5.86. The third-order valence-corrected chi connectivity index (χ3v) is 6.25. The van der Waals surface area contributed by atoms with Crippen LogP contribution in [-0.2, 0) is 32.3 Å². The van der Waals surface area contributed by atoms with Crippen molar-refractivity contribution in [3.63, 3.8) is 0 Å². The molecule has 38 heavy (non-hydrogen) atoms. The summed E-state index contributed by atoms with van der Waals surface area (Å²) in [6.07, 6.45) is 3.23. The Kier molecular flexibility index (Phi) is 10.7. The number of aromatic amines is 1. The van der Waals surface area contributed by atoms with Crippen LogP contribution in [-0.4, -0.2) is 41.3 Å². The van der Waals surface area contributed by atoms with Gasteiger partial charge in [0, 0.05) is 17.1 Å². The summed E-state index contributed by atoms with van der Waals surface area (Å²) in [6, 6.07) is 16.6. The minimum atomic E-state index is -0.740. The molecule has 3 aromatic rings. The van der Waals surface area contributed by atoms with E-state index >= 15 is 0 Å². The molecule has 0 aliphatic rings. The molecule has 8 heteroatoms. The summed E-state index contributed by atoms with van der Waals surface area (Å²) in [4.78, 5) is 40.3. The molecule has 1 heterocycles. The van der Waals surface area contributed by atoms with Crippen molar-refractivity contribution in [1.29, 1.82) is 0 Å². The largest absolute Gasteiger partial charge is 0.444 e. The lowest BCUT2D eigenvalue weighted by atomic mass is 9.98. The van der Waals surface area contributed by atoms with Crippen molar-refractivity contribution in [2.45, 2.75) is 78.2 Å². The SMILES string of the molecule is CC[C@H](C)CC(NC(=O)OC(C)(C)C)C(=O)NC(COOCc1ccccc1)Cc1c[nH]c2ccccc12. The number of nitrogens with one attached hydrogen (secondary N) is 3. The van der Waals surface area contributed by atoms with Gasteiger partial charge < -0.3 is 20.4 Å². The summed E-state index contributed by atoms with van der Waals surface area (Å²) in [5, 5.41) is 6.94. The van der Waals surface area contributed by atoms with Gasteiger partial charge in [-0.2, -0.15) is 0 Å². The Morgan fingerprint density at radius 1 is 0.974 bits per heavy atom. The van der Waals surface area contributed by atoms with Crippen LogP contribution >= 0.6 is 0 Å². The summed E-state index contributed by atoms with van der Waals surface area (Å²) in [5.74, 6) is -0.0501. The fraction of sp³-hybridized carbons (Fsp3) is 0.467. The second-order valence-electron chi connectivity index (χ2n) is 10.7. The Labute approximate surface area is 225 Å². The molecule has 0 aliphatic heterocycles. The average Bonchev–Trinajstić information content (AvgIpc) is 3.28. The van der Waals surface area contributed by atoms with Crippen molar-refractivity contribution < 1.29 is 24.1 Å².